The maximum absolute atomic E-state index is 11.6. The van der Waals surface area contributed by atoms with Gasteiger partial charge in [0.25, 0.3) is 0 Å². The van der Waals surface area contributed by atoms with E-state index in [0.29, 0.717) is 0 Å². The topological polar surface area (TPSA) is 155 Å². The van der Waals surface area contributed by atoms with E-state index in [1.54, 1.807) is 0 Å². The lowest BCUT2D eigenvalue weighted by Gasteiger charge is -2.24. The van der Waals surface area contributed by atoms with Crippen LogP contribution in [0.1, 0.15) is 13.3 Å². The van der Waals surface area contributed by atoms with Crippen LogP contribution in [0, 0.1) is 0 Å². The van der Waals surface area contributed by atoms with Crippen molar-refractivity contribution in [1.29, 1.82) is 0 Å². The van der Waals surface area contributed by atoms with Crippen LogP contribution in [0.25, 0.3) is 0 Å². The molecule has 0 aromatic rings. The summed E-state index contributed by atoms with van der Waals surface area (Å²) in [7, 11) is -1.67. The zero-order valence-electron chi connectivity index (χ0n) is 13.4. The van der Waals surface area contributed by atoms with Gasteiger partial charge < -0.3 is 34.8 Å². The number of aliphatic hydroxyl groups is 4. The molecule has 11 heteroatoms. The molecule has 0 radical (unpaired) electrons. The van der Waals surface area contributed by atoms with Gasteiger partial charge in [0.15, 0.2) is 0 Å². The Morgan fingerprint density at radius 1 is 0.957 bits per heavy atom. The van der Waals surface area contributed by atoms with Crippen molar-refractivity contribution in [2.75, 3.05) is 34.0 Å². The number of phosphoric ester groups is 1. The van der Waals surface area contributed by atoms with Gasteiger partial charge in [0, 0.05) is 20.6 Å². The van der Waals surface area contributed by atoms with Crippen LogP contribution in [0.4, 0.5) is 0 Å². The summed E-state index contributed by atoms with van der Waals surface area (Å²) in [5, 5.41) is 37.9. The highest BCUT2D eigenvalue weighted by Gasteiger charge is 2.30. The molecule has 0 aliphatic carbocycles. The zero-order chi connectivity index (χ0) is 18.0. The maximum atomic E-state index is 11.6. The summed E-state index contributed by atoms with van der Waals surface area (Å²) in [6.45, 7) is 0.527. The van der Waals surface area contributed by atoms with E-state index in [1.807, 2.05) is 0 Å². The van der Waals surface area contributed by atoms with Crippen LogP contribution in [0.3, 0.4) is 0 Å². The SMILES string of the molecule is COC[C@H](COP(=O)(O)OC[C@@H](O)C(O)C(O)C[C@H](C)O)OC. The van der Waals surface area contributed by atoms with Gasteiger partial charge in [-0.25, -0.2) is 4.57 Å². The Morgan fingerprint density at radius 3 is 2.00 bits per heavy atom. The van der Waals surface area contributed by atoms with Crippen molar-refractivity contribution in [2.24, 2.45) is 0 Å². The Kier molecular flexibility index (Phi) is 11.4. The molecule has 6 atom stereocenters. The average molecular weight is 362 g/mol. The molecule has 0 aliphatic heterocycles. The molecule has 0 aromatic heterocycles. The molecular weight excluding hydrogens is 335 g/mol. The molecule has 0 heterocycles. The summed E-state index contributed by atoms with van der Waals surface area (Å²) >= 11 is 0. The van der Waals surface area contributed by atoms with Crippen LogP contribution in [-0.2, 0) is 23.1 Å². The second-order valence-electron chi connectivity index (χ2n) is 5.08. The van der Waals surface area contributed by atoms with Gasteiger partial charge in [-0.15, -0.1) is 0 Å². The smallest absolute Gasteiger partial charge is 0.393 e. The largest absolute Gasteiger partial charge is 0.472 e. The lowest BCUT2D eigenvalue weighted by molar-refractivity contribution is -0.0871. The normalized spacial score (nSPS) is 21.2. The number of rotatable bonds is 13. The van der Waals surface area contributed by atoms with Gasteiger partial charge in [-0.1, -0.05) is 0 Å². The number of aliphatic hydroxyl groups excluding tert-OH is 4. The Morgan fingerprint density at radius 2 is 1.52 bits per heavy atom. The first-order valence-electron chi connectivity index (χ1n) is 6.98. The lowest BCUT2D eigenvalue weighted by Crippen LogP contribution is -2.41. The predicted molar refractivity (Wildman–Crippen MR) is 78.7 cm³/mol. The third-order valence-corrected chi connectivity index (χ3v) is 3.84. The van der Waals surface area contributed by atoms with Crippen molar-refractivity contribution in [3.8, 4) is 0 Å². The van der Waals surface area contributed by atoms with E-state index in [4.69, 9.17) is 14.6 Å². The third-order valence-electron chi connectivity index (χ3n) is 2.89. The highest BCUT2D eigenvalue weighted by atomic mass is 31.2. The summed E-state index contributed by atoms with van der Waals surface area (Å²) in [6, 6.07) is 0. The number of hydrogen-bond acceptors (Lipinski definition) is 9. The monoisotopic (exact) mass is 362 g/mol. The Bertz CT molecular complexity index is 353. The van der Waals surface area contributed by atoms with Crippen LogP contribution >= 0.6 is 7.82 Å². The highest BCUT2D eigenvalue weighted by Crippen LogP contribution is 2.43. The van der Waals surface area contributed by atoms with E-state index in [-0.39, 0.29) is 19.6 Å². The summed E-state index contributed by atoms with van der Waals surface area (Å²) < 4.78 is 30.6. The lowest BCUT2D eigenvalue weighted by atomic mass is 10.0. The standard InChI is InChI=1S/C12H27O10P/c1-8(13)4-10(14)12(16)11(15)7-22-23(17,18)21-6-9(20-3)5-19-2/h8-16H,4-7H2,1-3H3,(H,17,18)/t8-,9+,10?,11+,12?/m0/s1. The van der Waals surface area contributed by atoms with Gasteiger partial charge in [0.05, 0.1) is 32.0 Å². The van der Waals surface area contributed by atoms with Crippen LogP contribution < -0.4 is 0 Å². The van der Waals surface area contributed by atoms with Crippen LogP contribution in [0.5, 0.6) is 0 Å². The first-order chi connectivity index (χ1) is 10.6. The van der Waals surface area contributed by atoms with E-state index >= 15 is 0 Å². The predicted octanol–water partition coefficient (Wildman–Crippen LogP) is -1.36. The first-order valence-corrected chi connectivity index (χ1v) is 8.48. The molecule has 5 N–H and O–H groups in total. The Balaban J connectivity index is 4.27. The molecule has 0 aromatic carbocycles. The van der Waals surface area contributed by atoms with Crippen molar-refractivity contribution < 1.29 is 48.4 Å². The molecule has 3 unspecified atom stereocenters. The number of ether oxygens (including phenoxy) is 2. The molecule has 0 aliphatic rings. The summed E-state index contributed by atoms with van der Waals surface area (Å²) in [4.78, 5) is 9.46. The number of hydrogen-bond donors (Lipinski definition) is 5. The minimum Gasteiger partial charge on any atom is -0.393 e. The summed E-state index contributed by atoms with van der Waals surface area (Å²) in [5.41, 5.74) is 0. The van der Waals surface area contributed by atoms with Crippen LogP contribution in [0.15, 0.2) is 0 Å². The van der Waals surface area contributed by atoms with Gasteiger partial charge in [-0.3, -0.25) is 9.05 Å². The van der Waals surface area contributed by atoms with Gasteiger partial charge in [0.2, 0.25) is 0 Å². The van der Waals surface area contributed by atoms with Crippen molar-refractivity contribution in [3.63, 3.8) is 0 Å². The fourth-order valence-corrected chi connectivity index (χ4v) is 2.37. The minimum absolute atomic E-state index is 0.142. The van der Waals surface area contributed by atoms with Crippen molar-refractivity contribution in [2.45, 2.75) is 43.9 Å². The molecule has 0 amide bonds. The molecule has 0 spiro atoms. The molecule has 10 nitrogen and oxygen atoms in total. The molecule has 0 rings (SSSR count). The van der Waals surface area contributed by atoms with Crippen LogP contribution in [0.2, 0.25) is 0 Å². The minimum atomic E-state index is -4.47. The Labute approximate surface area is 135 Å². The second-order valence-corrected chi connectivity index (χ2v) is 6.54. The fourth-order valence-electron chi connectivity index (χ4n) is 1.60. The molecule has 140 valence electrons. The van der Waals surface area contributed by atoms with Crippen molar-refractivity contribution in [3.05, 3.63) is 0 Å². The van der Waals surface area contributed by atoms with E-state index in [0.717, 1.165) is 0 Å². The fraction of sp³-hybridized carbons (Fsp3) is 1.00. The van der Waals surface area contributed by atoms with E-state index < -0.39 is 44.9 Å². The second kappa shape index (κ2) is 11.4. The summed E-state index contributed by atoms with van der Waals surface area (Å²) in [6.07, 6.45) is -6.32. The van der Waals surface area contributed by atoms with E-state index in [1.165, 1.54) is 21.1 Å². The number of phosphoric acid groups is 1. The van der Waals surface area contributed by atoms with E-state index in [2.05, 4.69) is 9.05 Å². The molecular formula is C12H27O10P. The van der Waals surface area contributed by atoms with Crippen molar-refractivity contribution in [1.82, 2.24) is 0 Å². The maximum Gasteiger partial charge on any atom is 0.472 e. The number of methoxy groups -OCH3 is 2. The summed E-state index contributed by atoms with van der Waals surface area (Å²) in [5.74, 6) is 0. The highest BCUT2D eigenvalue weighted by molar-refractivity contribution is 7.47. The molecule has 0 saturated heterocycles. The third kappa shape index (κ3) is 10.4. The van der Waals surface area contributed by atoms with Crippen molar-refractivity contribution >= 4 is 7.82 Å². The average Bonchev–Trinajstić information content (AvgIpc) is 2.47. The van der Waals surface area contributed by atoms with E-state index in [9.17, 15) is 24.8 Å². The van der Waals surface area contributed by atoms with Gasteiger partial charge >= 0.3 is 7.82 Å². The van der Waals surface area contributed by atoms with Crippen LogP contribution in [-0.4, -0.2) is 89.9 Å². The molecule has 0 saturated carbocycles. The quantitative estimate of drug-likeness (QED) is 0.248. The van der Waals surface area contributed by atoms with Gasteiger partial charge in [0.1, 0.15) is 18.3 Å². The first kappa shape index (κ1) is 22.9. The Hall–Kier alpha value is -0.130. The zero-order valence-corrected chi connectivity index (χ0v) is 14.3. The molecule has 0 bridgehead atoms. The molecule has 23 heavy (non-hydrogen) atoms. The molecule has 0 fully saturated rings. The van der Waals surface area contributed by atoms with Gasteiger partial charge in [-0.05, 0) is 6.92 Å². The van der Waals surface area contributed by atoms with Gasteiger partial charge in [-0.2, -0.15) is 0 Å².